The average Bonchev–Trinajstić information content (AvgIpc) is 2.72. The molecule has 0 saturated heterocycles. The molecule has 0 heterocycles. The van der Waals surface area contributed by atoms with Crippen LogP contribution >= 0.6 is 0 Å². The van der Waals surface area contributed by atoms with Gasteiger partial charge in [-0.05, 0) is 36.1 Å². The maximum absolute atomic E-state index is 11.2. The molecule has 0 aromatic heterocycles. The van der Waals surface area contributed by atoms with E-state index in [2.05, 4.69) is 9.98 Å². The third kappa shape index (κ3) is 4.61. The predicted octanol–water partition coefficient (Wildman–Crippen LogP) is 5.62. The van der Waals surface area contributed by atoms with Crippen molar-refractivity contribution >= 4 is 35.2 Å². The van der Waals surface area contributed by atoms with E-state index >= 15 is 0 Å². The molecule has 0 atom stereocenters. The summed E-state index contributed by atoms with van der Waals surface area (Å²) in [6.07, 6.45) is 3.12. The Hall–Kier alpha value is -4.20. The van der Waals surface area contributed by atoms with E-state index in [-0.39, 0.29) is 11.4 Å². The summed E-state index contributed by atoms with van der Waals surface area (Å²) in [5, 5.41) is 22.4. The molecule has 8 heteroatoms. The normalized spacial score (nSPS) is 11.3. The van der Waals surface area contributed by atoms with Gasteiger partial charge in [-0.2, -0.15) is 0 Å². The average molecular weight is 402 g/mol. The number of aryl methyl sites for hydroxylation is 2. The van der Waals surface area contributed by atoms with Crippen molar-refractivity contribution in [3.63, 3.8) is 0 Å². The Balaban J connectivity index is 1.82. The van der Waals surface area contributed by atoms with Gasteiger partial charge in [-0.15, -0.1) is 0 Å². The number of aliphatic imine (C=N–C) groups is 2. The highest BCUT2D eigenvalue weighted by molar-refractivity contribution is 5.87. The fourth-order valence-corrected chi connectivity index (χ4v) is 2.86. The van der Waals surface area contributed by atoms with Gasteiger partial charge in [0.1, 0.15) is 11.4 Å². The van der Waals surface area contributed by atoms with Crippen molar-refractivity contribution in [2.75, 3.05) is 0 Å². The lowest BCUT2D eigenvalue weighted by molar-refractivity contribution is -0.384. The minimum absolute atomic E-state index is 0.0465. The molecule has 150 valence electrons. The quantitative estimate of drug-likeness (QED) is 0.302. The summed E-state index contributed by atoms with van der Waals surface area (Å²) in [5.41, 5.74) is 3.48. The molecule has 0 radical (unpaired) electrons. The molecule has 3 aromatic rings. The maximum Gasteiger partial charge on any atom is 0.295 e. The number of nitro groups is 2. The Labute approximate surface area is 172 Å². The first-order valence-corrected chi connectivity index (χ1v) is 9.03. The second-order valence-electron chi connectivity index (χ2n) is 6.58. The Kier molecular flexibility index (Phi) is 6.07. The molecule has 0 saturated carbocycles. The van der Waals surface area contributed by atoms with Crippen LogP contribution in [0.15, 0.2) is 70.6 Å². The van der Waals surface area contributed by atoms with Crippen molar-refractivity contribution in [3.05, 3.63) is 103 Å². The number of hydrogen-bond acceptors (Lipinski definition) is 6. The van der Waals surface area contributed by atoms with Crippen LogP contribution in [0.25, 0.3) is 0 Å². The van der Waals surface area contributed by atoms with Crippen molar-refractivity contribution < 1.29 is 9.85 Å². The number of rotatable bonds is 6. The van der Waals surface area contributed by atoms with Gasteiger partial charge in [0.05, 0.1) is 9.85 Å². The van der Waals surface area contributed by atoms with Gasteiger partial charge < -0.3 is 0 Å². The molecular weight excluding hydrogens is 384 g/mol. The van der Waals surface area contributed by atoms with Gasteiger partial charge in [-0.3, -0.25) is 20.2 Å². The van der Waals surface area contributed by atoms with E-state index in [4.69, 9.17) is 0 Å². The van der Waals surface area contributed by atoms with Crippen LogP contribution in [0.5, 0.6) is 0 Å². The summed E-state index contributed by atoms with van der Waals surface area (Å²) < 4.78 is 0. The molecular formula is C22H18N4O4. The van der Waals surface area contributed by atoms with Crippen molar-refractivity contribution in [1.82, 2.24) is 0 Å². The lowest BCUT2D eigenvalue weighted by atomic mass is 10.1. The molecule has 3 rings (SSSR count). The van der Waals surface area contributed by atoms with Crippen LogP contribution in [0, 0.1) is 34.1 Å². The first-order chi connectivity index (χ1) is 14.4. The summed E-state index contributed by atoms with van der Waals surface area (Å²) in [7, 11) is 0. The van der Waals surface area contributed by atoms with E-state index in [1.807, 2.05) is 0 Å². The molecule has 0 bridgehead atoms. The molecule has 0 N–H and O–H groups in total. The molecule has 0 aliphatic heterocycles. The van der Waals surface area contributed by atoms with Crippen molar-refractivity contribution in [2.24, 2.45) is 9.98 Å². The van der Waals surface area contributed by atoms with Crippen LogP contribution in [0.4, 0.5) is 22.7 Å². The Bertz CT molecular complexity index is 1080. The van der Waals surface area contributed by atoms with Crippen molar-refractivity contribution in [1.29, 1.82) is 0 Å². The van der Waals surface area contributed by atoms with Gasteiger partial charge in [-0.1, -0.05) is 48.5 Å². The number of para-hydroxylation sites is 2. The molecule has 0 aliphatic rings. The molecule has 8 nitrogen and oxygen atoms in total. The van der Waals surface area contributed by atoms with E-state index in [0.717, 1.165) is 11.1 Å². The predicted molar refractivity (Wildman–Crippen MR) is 117 cm³/mol. The minimum atomic E-state index is -0.454. The first-order valence-electron chi connectivity index (χ1n) is 9.03. The lowest BCUT2D eigenvalue weighted by Gasteiger charge is -2.02. The largest absolute Gasteiger partial charge is 0.295 e. The van der Waals surface area contributed by atoms with E-state index in [1.165, 1.54) is 12.1 Å². The van der Waals surface area contributed by atoms with Crippen LogP contribution < -0.4 is 0 Å². The minimum Gasteiger partial charge on any atom is -0.258 e. The number of nitrogens with zero attached hydrogens (tertiary/aromatic N) is 4. The van der Waals surface area contributed by atoms with Gasteiger partial charge in [0.15, 0.2) is 0 Å². The van der Waals surface area contributed by atoms with E-state index in [9.17, 15) is 20.2 Å². The summed E-state index contributed by atoms with van der Waals surface area (Å²) in [5.74, 6) is 0. The maximum atomic E-state index is 11.2. The topological polar surface area (TPSA) is 111 Å². The Morgan fingerprint density at radius 2 is 1.03 bits per heavy atom. The zero-order chi connectivity index (χ0) is 21.7. The SMILES string of the molecule is Cc1cccc([N+](=O)[O-])c1N=Cc1ccc(C=Nc2c(C)cccc2[N+](=O)[O-])cc1. The van der Waals surface area contributed by atoms with E-state index in [1.54, 1.807) is 74.8 Å². The zero-order valence-electron chi connectivity index (χ0n) is 16.4. The smallest absolute Gasteiger partial charge is 0.258 e. The molecule has 30 heavy (non-hydrogen) atoms. The molecule has 3 aromatic carbocycles. The summed E-state index contributed by atoms with van der Waals surface area (Å²) in [6, 6.07) is 16.8. The molecule has 0 amide bonds. The van der Waals surface area contributed by atoms with Gasteiger partial charge in [0.25, 0.3) is 11.4 Å². The highest BCUT2D eigenvalue weighted by atomic mass is 16.6. The highest BCUT2D eigenvalue weighted by Gasteiger charge is 2.15. The molecule has 0 unspecified atom stereocenters. The summed E-state index contributed by atoms with van der Waals surface area (Å²) in [6.45, 7) is 3.54. The summed E-state index contributed by atoms with van der Waals surface area (Å²) >= 11 is 0. The van der Waals surface area contributed by atoms with E-state index < -0.39 is 9.85 Å². The zero-order valence-corrected chi connectivity index (χ0v) is 16.4. The van der Waals surface area contributed by atoms with E-state index in [0.29, 0.717) is 22.5 Å². The highest BCUT2D eigenvalue weighted by Crippen LogP contribution is 2.31. The number of nitro benzene ring substituents is 2. The third-order valence-corrected chi connectivity index (χ3v) is 4.45. The van der Waals surface area contributed by atoms with Crippen LogP contribution in [0.3, 0.4) is 0 Å². The second-order valence-corrected chi connectivity index (χ2v) is 6.58. The van der Waals surface area contributed by atoms with Crippen molar-refractivity contribution in [3.8, 4) is 0 Å². The first kappa shape index (κ1) is 20.5. The van der Waals surface area contributed by atoms with Gasteiger partial charge in [-0.25, -0.2) is 9.98 Å². The third-order valence-electron chi connectivity index (χ3n) is 4.45. The number of hydrogen-bond donors (Lipinski definition) is 0. The van der Waals surface area contributed by atoms with Crippen LogP contribution in [0.2, 0.25) is 0 Å². The Morgan fingerprint density at radius 1 is 0.667 bits per heavy atom. The van der Waals surface area contributed by atoms with Gasteiger partial charge in [0, 0.05) is 24.6 Å². The van der Waals surface area contributed by atoms with Crippen LogP contribution in [-0.2, 0) is 0 Å². The number of benzene rings is 3. The van der Waals surface area contributed by atoms with Crippen LogP contribution in [0.1, 0.15) is 22.3 Å². The van der Waals surface area contributed by atoms with Gasteiger partial charge >= 0.3 is 0 Å². The summed E-state index contributed by atoms with van der Waals surface area (Å²) in [4.78, 5) is 30.0. The lowest BCUT2D eigenvalue weighted by Crippen LogP contribution is -1.91. The standard InChI is InChI=1S/C22H18N4O4/c1-15-5-3-7-19(25(27)28)21(15)23-13-17-9-11-18(12-10-17)14-24-22-16(2)6-4-8-20(22)26(29)30/h3-14H,1-2H3. The molecule has 0 fully saturated rings. The fraction of sp³-hybridized carbons (Fsp3) is 0.0909. The Morgan fingerprint density at radius 3 is 1.37 bits per heavy atom. The fourth-order valence-electron chi connectivity index (χ4n) is 2.86. The molecule has 0 aliphatic carbocycles. The van der Waals surface area contributed by atoms with Gasteiger partial charge in [0.2, 0.25) is 0 Å². The monoisotopic (exact) mass is 402 g/mol. The second kappa shape index (κ2) is 8.87. The molecule has 0 spiro atoms. The van der Waals surface area contributed by atoms with Crippen molar-refractivity contribution in [2.45, 2.75) is 13.8 Å². The van der Waals surface area contributed by atoms with Crippen LogP contribution in [-0.4, -0.2) is 22.3 Å².